The molecule has 0 bridgehead atoms. The standard InChI is InChI=1S/C34H48ClN3O3S/c1-26-24-32(27(2)23-31(26)35)42(40,41)38-22-8-7-13-30(38)14-15-33(39)36(3)25-28-16-18-34(19-17-28,37-20-9-10-21-37)29-11-5-4-6-12-29/h4-6,11-12,23-24,28,30H,7-10,13-22,25H2,1-3H3. The van der Waals surface area contributed by atoms with Gasteiger partial charge in [-0.15, -0.1) is 0 Å². The summed E-state index contributed by atoms with van der Waals surface area (Å²) in [6.07, 6.45) is 10.7. The van der Waals surface area contributed by atoms with Crippen molar-refractivity contribution in [3.63, 3.8) is 0 Å². The van der Waals surface area contributed by atoms with Gasteiger partial charge < -0.3 is 4.90 Å². The van der Waals surface area contributed by atoms with Gasteiger partial charge in [0.15, 0.2) is 0 Å². The zero-order valence-corrected chi connectivity index (χ0v) is 27.2. The molecular weight excluding hydrogens is 566 g/mol. The average molecular weight is 614 g/mol. The van der Waals surface area contributed by atoms with Gasteiger partial charge in [0.1, 0.15) is 0 Å². The van der Waals surface area contributed by atoms with Gasteiger partial charge in [-0.25, -0.2) is 8.42 Å². The Hall–Kier alpha value is -1.93. The molecule has 0 N–H and O–H groups in total. The smallest absolute Gasteiger partial charge is 0.243 e. The molecule has 2 aromatic carbocycles. The number of piperidine rings is 1. The molecule has 1 aliphatic carbocycles. The van der Waals surface area contributed by atoms with Crippen LogP contribution in [0.3, 0.4) is 0 Å². The third-order valence-corrected chi connectivity index (χ3v) is 12.7. The molecule has 0 spiro atoms. The average Bonchev–Trinajstić information content (AvgIpc) is 3.54. The zero-order chi connectivity index (χ0) is 29.9. The monoisotopic (exact) mass is 613 g/mol. The van der Waals surface area contributed by atoms with Gasteiger partial charge in [-0.3, -0.25) is 9.69 Å². The van der Waals surface area contributed by atoms with Gasteiger partial charge in [-0.1, -0.05) is 48.4 Å². The Morgan fingerprint density at radius 3 is 2.31 bits per heavy atom. The summed E-state index contributed by atoms with van der Waals surface area (Å²) in [4.78, 5) is 18.3. The summed E-state index contributed by atoms with van der Waals surface area (Å²) >= 11 is 6.25. The quantitative estimate of drug-likeness (QED) is 0.308. The minimum atomic E-state index is -3.67. The number of amides is 1. The van der Waals surface area contributed by atoms with E-state index in [9.17, 15) is 13.2 Å². The third-order valence-electron chi connectivity index (χ3n) is 10.2. The van der Waals surface area contributed by atoms with Gasteiger partial charge >= 0.3 is 0 Å². The van der Waals surface area contributed by atoms with Gasteiger partial charge in [0, 0.05) is 43.2 Å². The van der Waals surface area contributed by atoms with Gasteiger partial charge in [0.25, 0.3) is 0 Å². The lowest BCUT2D eigenvalue weighted by Gasteiger charge is -2.47. The fraction of sp³-hybridized carbons (Fsp3) is 0.618. The molecule has 1 amide bonds. The number of nitrogens with zero attached hydrogens (tertiary/aromatic N) is 3. The first-order valence-corrected chi connectivity index (χ1v) is 17.8. The Kier molecular flexibility index (Phi) is 10.0. The summed E-state index contributed by atoms with van der Waals surface area (Å²) in [6.45, 7) is 7.28. The van der Waals surface area contributed by atoms with E-state index in [0.717, 1.165) is 57.1 Å². The van der Waals surface area contributed by atoms with E-state index in [-0.39, 0.29) is 17.5 Å². The van der Waals surface area contributed by atoms with Crippen molar-refractivity contribution >= 4 is 27.5 Å². The minimum absolute atomic E-state index is 0.121. The highest BCUT2D eigenvalue weighted by Crippen LogP contribution is 2.45. The van der Waals surface area contributed by atoms with E-state index in [1.165, 1.54) is 31.5 Å². The van der Waals surface area contributed by atoms with Crippen LogP contribution < -0.4 is 0 Å². The Balaban J connectivity index is 1.18. The number of benzene rings is 2. The number of hydrogen-bond donors (Lipinski definition) is 0. The number of likely N-dealkylation sites (tertiary alicyclic amines) is 1. The molecule has 2 aliphatic heterocycles. The largest absolute Gasteiger partial charge is 0.345 e. The number of carbonyl (C=O) groups excluding carboxylic acids is 1. The molecule has 3 fully saturated rings. The van der Waals surface area contributed by atoms with E-state index < -0.39 is 10.0 Å². The lowest BCUT2D eigenvalue weighted by molar-refractivity contribution is -0.131. The van der Waals surface area contributed by atoms with Crippen molar-refractivity contribution in [2.24, 2.45) is 5.92 Å². The van der Waals surface area contributed by atoms with Gasteiger partial charge in [0.2, 0.25) is 15.9 Å². The highest BCUT2D eigenvalue weighted by molar-refractivity contribution is 7.89. The summed E-state index contributed by atoms with van der Waals surface area (Å²) in [6, 6.07) is 14.3. The molecule has 5 rings (SSSR count). The van der Waals surface area contributed by atoms with Crippen LogP contribution in [0.15, 0.2) is 47.4 Å². The highest BCUT2D eigenvalue weighted by Gasteiger charge is 2.43. The molecule has 2 heterocycles. The van der Waals surface area contributed by atoms with Crippen molar-refractivity contribution in [2.75, 3.05) is 33.2 Å². The summed E-state index contributed by atoms with van der Waals surface area (Å²) in [7, 11) is -1.74. The molecule has 230 valence electrons. The number of aryl methyl sites for hydroxylation is 2. The predicted octanol–water partition coefficient (Wildman–Crippen LogP) is 6.92. The molecule has 1 saturated carbocycles. The van der Waals surface area contributed by atoms with E-state index in [4.69, 9.17) is 11.6 Å². The lowest BCUT2D eigenvalue weighted by Crippen LogP contribution is -2.48. The van der Waals surface area contributed by atoms with Crippen LogP contribution in [0, 0.1) is 19.8 Å². The number of rotatable bonds is 9. The number of hydrogen-bond acceptors (Lipinski definition) is 4. The maximum atomic E-state index is 13.8. The summed E-state index contributed by atoms with van der Waals surface area (Å²) in [5.74, 6) is 0.622. The summed E-state index contributed by atoms with van der Waals surface area (Å²) < 4.78 is 29.2. The lowest BCUT2D eigenvalue weighted by atomic mass is 9.71. The van der Waals surface area contributed by atoms with Gasteiger partial charge in [-0.2, -0.15) is 4.31 Å². The molecule has 6 nitrogen and oxygen atoms in total. The second kappa shape index (κ2) is 13.4. The van der Waals surface area contributed by atoms with Crippen LogP contribution in [-0.2, 0) is 20.4 Å². The first-order chi connectivity index (χ1) is 20.1. The SMILES string of the molecule is Cc1cc(S(=O)(=O)N2CCCCC2CCC(=O)N(C)CC2CCC(c3ccccc3)(N3CCCC3)CC2)c(C)cc1Cl. The van der Waals surface area contributed by atoms with Crippen molar-refractivity contribution in [3.05, 3.63) is 64.2 Å². The van der Waals surface area contributed by atoms with Crippen molar-refractivity contribution in [3.8, 4) is 0 Å². The molecule has 0 aromatic heterocycles. The Labute approximate surface area is 258 Å². The second-order valence-electron chi connectivity index (χ2n) is 13.0. The second-order valence-corrected chi connectivity index (χ2v) is 15.2. The molecule has 42 heavy (non-hydrogen) atoms. The maximum absolute atomic E-state index is 13.8. The van der Waals surface area contributed by atoms with Crippen LogP contribution in [0.2, 0.25) is 5.02 Å². The number of sulfonamides is 1. The zero-order valence-electron chi connectivity index (χ0n) is 25.7. The van der Waals surface area contributed by atoms with Gasteiger partial charge in [-0.05, 0) is 119 Å². The topological polar surface area (TPSA) is 60.9 Å². The molecule has 2 saturated heterocycles. The fourth-order valence-electron chi connectivity index (χ4n) is 7.73. The van der Waals surface area contributed by atoms with E-state index in [2.05, 4.69) is 35.2 Å². The molecule has 1 unspecified atom stereocenters. The van der Waals surface area contributed by atoms with Crippen LogP contribution in [0.25, 0.3) is 0 Å². The van der Waals surface area contributed by atoms with E-state index in [1.54, 1.807) is 23.4 Å². The van der Waals surface area contributed by atoms with Crippen LogP contribution in [0.1, 0.15) is 87.3 Å². The maximum Gasteiger partial charge on any atom is 0.243 e. The van der Waals surface area contributed by atoms with E-state index in [1.807, 2.05) is 18.9 Å². The molecule has 1 atom stereocenters. The third kappa shape index (κ3) is 6.59. The van der Waals surface area contributed by atoms with Crippen LogP contribution in [0.5, 0.6) is 0 Å². The number of halogens is 1. The van der Waals surface area contributed by atoms with Crippen molar-refractivity contribution in [1.82, 2.24) is 14.1 Å². The van der Waals surface area contributed by atoms with Crippen molar-refractivity contribution < 1.29 is 13.2 Å². The molecule has 8 heteroatoms. The minimum Gasteiger partial charge on any atom is -0.345 e. The molecule has 0 radical (unpaired) electrons. The first kappa shape index (κ1) is 31.5. The van der Waals surface area contributed by atoms with Gasteiger partial charge in [0.05, 0.1) is 4.90 Å². The van der Waals surface area contributed by atoms with E-state index >= 15 is 0 Å². The molecule has 3 aliphatic rings. The van der Waals surface area contributed by atoms with Crippen molar-refractivity contribution in [1.29, 1.82) is 0 Å². The predicted molar refractivity (Wildman–Crippen MR) is 170 cm³/mol. The molecular formula is C34H48ClN3O3S. The fourth-order valence-corrected chi connectivity index (χ4v) is 9.96. The first-order valence-electron chi connectivity index (χ1n) is 15.9. The highest BCUT2D eigenvalue weighted by atomic mass is 35.5. The summed E-state index contributed by atoms with van der Waals surface area (Å²) in [5.41, 5.74) is 3.01. The summed E-state index contributed by atoms with van der Waals surface area (Å²) in [5, 5.41) is 0.579. The number of carbonyl (C=O) groups is 1. The van der Waals surface area contributed by atoms with Crippen molar-refractivity contribution in [2.45, 2.75) is 101 Å². The molecule has 2 aromatic rings. The Morgan fingerprint density at radius 1 is 0.952 bits per heavy atom. The Morgan fingerprint density at radius 2 is 1.62 bits per heavy atom. The van der Waals surface area contributed by atoms with Crippen LogP contribution in [-0.4, -0.2) is 67.7 Å². The van der Waals surface area contributed by atoms with Crippen LogP contribution >= 0.6 is 11.6 Å². The Bertz CT molecular complexity index is 1340. The van der Waals surface area contributed by atoms with Crippen LogP contribution in [0.4, 0.5) is 0 Å². The normalized spacial score (nSPS) is 25.9. The van der Waals surface area contributed by atoms with E-state index in [0.29, 0.717) is 40.8 Å².